The van der Waals surface area contributed by atoms with Crippen LogP contribution in [0.2, 0.25) is 0 Å². The molecule has 2 aliphatic rings. The van der Waals surface area contributed by atoms with Crippen LogP contribution in [-0.4, -0.2) is 65.0 Å². The number of hydrogen-bond donors (Lipinski definition) is 1. The molecule has 2 aliphatic heterocycles. The minimum atomic E-state index is -1.04. The number of aliphatic carboxylic acids is 1. The molecule has 0 aromatic rings. The summed E-state index contributed by atoms with van der Waals surface area (Å²) in [5, 5.41) is 17.4. The lowest BCUT2D eigenvalue weighted by atomic mass is 9.91. The van der Waals surface area contributed by atoms with E-state index in [-0.39, 0.29) is 37.1 Å². The molecule has 2 unspecified atom stereocenters. The van der Waals surface area contributed by atoms with Crippen molar-refractivity contribution in [3.05, 3.63) is 0 Å². The number of hydrogen-bond acceptors (Lipinski definition) is 5. The van der Waals surface area contributed by atoms with Crippen LogP contribution in [0.1, 0.15) is 38.5 Å². The fourth-order valence-electron chi connectivity index (χ4n) is 3.19. The van der Waals surface area contributed by atoms with Gasteiger partial charge in [0, 0.05) is 46.3 Å². The SMILES string of the molecule is C#CCCC1(CCC(=O)N2CC(C(=O)N(C)C)CCC2C(=O)O)N=N1. The molecule has 8 heteroatoms. The van der Waals surface area contributed by atoms with Crippen LogP contribution in [0.15, 0.2) is 10.2 Å². The first-order valence-corrected chi connectivity index (χ1v) is 8.40. The number of carbonyl (C=O) groups excluding carboxylic acids is 2. The van der Waals surface area contributed by atoms with Gasteiger partial charge in [0.25, 0.3) is 0 Å². The quantitative estimate of drug-likeness (QED) is 0.696. The van der Waals surface area contributed by atoms with Crippen LogP contribution in [0.5, 0.6) is 0 Å². The second-order valence-corrected chi connectivity index (χ2v) is 6.79. The van der Waals surface area contributed by atoms with Gasteiger partial charge in [-0.2, -0.15) is 10.2 Å². The lowest BCUT2D eigenvalue weighted by Gasteiger charge is -2.37. The van der Waals surface area contributed by atoms with Crippen molar-refractivity contribution in [1.82, 2.24) is 9.80 Å². The first-order valence-electron chi connectivity index (χ1n) is 8.40. The maximum atomic E-state index is 12.6. The number of carboxylic acid groups (broad SMARTS) is 1. The second-order valence-electron chi connectivity index (χ2n) is 6.79. The van der Waals surface area contributed by atoms with Gasteiger partial charge in [0.15, 0.2) is 5.66 Å². The Morgan fingerprint density at radius 3 is 2.48 bits per heavy atom. The molecule has 2 heterocycles. The Morgan fingerprint density at radius 1 is 1.28 bits per heavy atom. The Balaban J connectivity index is 1.99. The third-order valence-corrected chi connectivity index (χ3v) is 4.77. The number of terminal acetylenes is 1. The maximum Gasteiger partial charge on any atom is 0.326 e. The normalized spacial score (nSPS) is 23.6. The van der Waals surface area contributed by atoms with Crippen LogP contribution in [0.3, 0.4) is 0 Å². The topological polar surface area (TPSA) is 103 Å². The summed E-state index contributed by atoms with van der Waals surface area (Å²) in [7, 11) is 3.31. The molecular formula is C17H24N4O4. The zero-order valence-corrected chi connectivity index (χ0v) is 14.6. The summed E-state index contributed by atoms with van der Waals surface area (Å²) in [5.74, 6) is 0.774. The van der Waals surface area contributed by atoms with Crippen molar-refractivity contribution in [1.29, 1.82) is 0 Å². The van der Waals surface area contributed by atoms with Crippen LogP contribution in [0.25, 0.3) is 0 Å². The molecule has 0 aromatic heterocycles. The van der Waals surface area contributed by atoms with Crippen LogP contribution >= 0.6 is 0 Å². The number of amides is 2. The summed E-state index contributed by atoms with van der Waals surface area (Å²) < 4.78 is 0. The first kappa shape index (κ1) is 18.9. The molecule has 0 spiro atoms. The summed E-state index contributed by atoms with van der Waals surface area (Å²) in [5.41, 5.74) is -0.574. The second kappa shape index (κ2) is 7.64. The minimum absolute atomic E-state index is 0.0840. The van der Waals surface area contributed by atoms with Gasteiger partial charge in [-0.15, -0.1) is 12.3 Å². The zero-order chi connectivity index (χ0) is 18.6. The van der Waals surface area contributed by atoms with E-state index in [1.54, 1.807) is 14.1 Å². The fourth-order valence-corrected chi connectivity index (χ4v) is 3.19. The average Bonchev–Trinajstić information content (AvgIpc) is 3.36. The fraction of sp³-hybridized carbons (Fsp3) is 0.706. The van der Waals surface area contributed by atoms with Crippen molar-refractivity contribution in [2.75, 3.05) is 20.6 Å². The highest BCUT2D eigenvalue weighted by Crippen LogP contribution is 2.38. The van der Waals surface area contributed by atoms with Crippen molar-refractivity contribution in [2.24, 2.45) is 16.1 Å². The molecule has 0 aliphatic carbocycles. The number of carbonyl (C=O) groups is 3. The lowest BCUT2D eigenvalue weighted by molar-refractivity contribution is -0.155. The van der Waals surface area contributed by atoms with E-state index in [0.717, 1.165) is 0 Å². The van der Waals surface area contributed by atoms with Crippen LogP contribution in [-0.2, 0) is 14.4 Å². The molecule has 2 atom stereocenters. The Hall–Kier alpha value is -2.43. The highest BCUT2D eigenvalue weighted by molar-refractivity contribution is 5.86. The molecule has 1 saturated heterocycles. The average molecular weight is 348 g/mol. The van der Waals surface area contributed by atoms with E-state index in [9.17, 15) is 19.5 Å². The zero-order valence-electron chi connectivity index (χ0n) is 14.6. The van der Waals surface area contributed by atoms with Gasteiger partial charge in [-0.3, -0.25) is 9.59 Å². The molecule has 25 heavy (non-hydrogen) atoms. The number of rotatable bonds is 7. The Bertz CT molecular complexity index is 617. The minimum Gasteiger partial charge on any atom is -0.480 e. The van der Waals surface area contributed by atoms with E-state index < -0.39 is 17.7 Å². The smallest absolute Gasteiger partial charge is 0.326 e. The lowest BCUT2D eigenvalue weighted by Crippen LogP contribution is -2.53. The van der Waals surface area contributed by atoms with E-state index in [1.807, 2.05) is 0 Å². The standard InChI is InChI=1S/C17H24N4O4/c1-4-5-9-17(18-19-17)10-8-14(22)21-11-12(15(23)20(2)3)6-7-13(21)16(24)25/h1,12-13H,5-11H2,2-3H3,(H,24,25). The molecule has 8 nitrogen and oxygen atoms in total. The number of piperidine rings is 1. The largest absolute Gasteiger partial charge is 0.480 e. The van der Waals surface area contributed by atoms with Crippen molar-refractivity contribution >= 4 is 17.8 Å². The summed E-state index contributed by atoms with van der Waals surface area (Å²) in [6, 6.07) is -0.881. The Kier molecular flexibility index (Phi) is 5.77. The highest BCUT2D eigenvalue weighted by atomic mass is 16.4. The summed E-state index contributed by atoms with van der Waals surface area (Å²) >= 11 is 0. The van der Waals surface area contributed by atoms with Crippen LogP contribution in [0.4, 0.5) is 0 Å². The molecule has 0 aromatic carbocycles. The van der Waals surface area contributed by atoms with Gasteiger partial charge in [0.2, 0.25) is 11.8 Å². The predicted molar refractivity (Wildman–Crippen MR) is 89.4 cm³/mol. The number of nitrogens with zero attached hydrogens (tertiary/aromatic N) is 4. The predicted octanol–water partition coefficient (Wildman–Crippen LogP) is 1.12. The Morgan fingerprint density at radius 2 is 1.96 bits per heavy atom. The van der Waals surface area contributed by atoms with E-state index in [0.29, 0.717) is 25.7 Å². The van der Waals surface area contributed by atoms with E-state index in [4.69, 9.17) is 6.42 Å². The third kappa shape index (κ3) is 4.56. The molecule has 2 amide bonds. The molecule has 2 rings (SSSR count). The molecule has 1 N–H and O–H groups in total. The van der Waals surface area contributed by atoms with Crippen molar-refractivity contribution in [3.8, 4) is 12.3 Å². The summed E-state index contributed by atoms with van der Waals surface area (Å²) in [6.07, 6.45) is 7.68. The van der Waals surface area contributed by atoms with Crippen molar-refractivity contribution < 1.29 is 19.5 Å². The maximum absolute atomic E-state index is 12.6. The monoisotopic (exact) mass is 348 g/mol. The van der Waals surface area contributed by atoms with E-state index in [2.05, 4.69) is 16.1 Å². The molecular weight excluding hydrogens is 324 g/mol. The van der Waals surface area contributed by atoms with Crippen molar-refractivity contribution in [2.45, 2.75) is 50.2 Å². The molecule has 0 bridgehead atoms. The van der Waals surface area contributed by atoms with E-state index >= 15 is 0 Å². The molecule has 136 valence electrons. The Labute approximate surface area is 147 Å². The van der Waals surface area contributed by atoms with Gasteiger partial charge in [0.1, 0.15) is 6.04 Å². The van der Waals surface area contributed by atoms with Gasteiger partial charge >= 0.3 is 5.97 Å². The number of carboxylic acids is 1. The van der Waals surface area contributed by atoms with Crippen LogP contribution < -0.4 is 0 Å². The first-order chi connectivity index (χ1) is 11.8. The molecule has 1 fully saturated rings. The summed E-state index contributed by atoms with van der Waals surface area (Å²) in [4.78, 5) is 39.1. The molecule has 0 radical (unpaired) electrons. The van der Waals surface area contributed by atoms with Gasteiger partial charge < -0.3 is 14.9 Å². The van der Waals surface area contributed by atoms with E-state index in [1.165, 1.54) is 9.80 Å². The summed E-state index contributed by atoms with van der Waals surface area (Å²) in [6.45, 7) is 0.137. The third-order valence-electron chi connectivity index (χ3n) is 4.77. The highest BCUT2D eigenvalue weighted by Gasteiger charge is 2.42. The van der Waals surface area contributed by atoms with Gasteiger partial charge in [-0.25, -0.2) is 4.79 Å². The van der Waals surface area contributed by atoms with Gasteiger partial charge in [-0.05, 0) is 12.8 Å². The molecule has 0 saturated carbocycles. The van der Waals surface area contributed by atoms with Crippen LogP contribution in [0, 0.1) is 18.3 Å². The van der Waals surface area contributed by atoms with Crippen molar-refractivity contribution in [3.63, 3.8) is 0 Å². The number of likely N-dealkylation sites (tertiary alicyclic amines) is 1. The van der Waals surface area contributed by atoms with Gasteiger partial charge in [-0.1, -0.05) is 0 Å². The van der Waals surface area contributed by atoms with Gasteiger partial charge in [0.05, 0.1) is 5.92 Å².